The standard InChI is InChI=1S/C13H10ClF3N2O/c14-5-10-11(7-1-2-7)20-12(19-10)8-6-18-4-3-9(8)13(15,16)17/h3-4,6-7H,1-2,5H2. The van der Waals surface area contributed by atoms with Gasteiger partial charge in [-0.1, -0.05) is 0 Å². The van der Waals surface area contributed by atoms with Gasteiger partial charge in [0.05, 0.1) is 22.7 Å². The summed E-state index contributed by atoms with van der Waals surface area (Å²) in [4.78, 5) is 7.82. The first-order chi connectivity index (χ1) is 9.50. The van der Waals surface area contributed by atoms with Gasteiger partial charge >= 0.3 is 6.18 Å². The van der Waals surface area contributed by atoms with Crippen molar-refractivity contribution in [2.45, 2.75) is 30.8 Å². The number of hydrogen-bond acceptors (Lipinski definition) is 3. The Morgan fingerprint density at radius 2 is 2.10 bits per heavy atom. The number of alkyl halides is 4. The molecular weight excluding hydrogens is 293 g/mol. The third-order valence-corrected chi connectivity index (χ3v) is 3.41. The second kappa shape index (κ2) is 4.77. The number of nitrogens with zero attached hydrogens (tertiary/aromatic N) is 2. The summed E-state index contributed by atoms with van der Waals surface area (Å²) in [5, 5.41) is 0. The molecule has 1 saturated carbocycles. The van der Waals surface area contributed by atoms with Crippen molar-refractivity contribution in [1.82, 2.24) is 9.97 Å². The van der Waals surface area contributed by atoms with Crippen LogP contribution in [0.5, 0.6) is 0 Å². The Bertz CT molecular complexity index is 635. The molecule has 0 amide bonds. The van der Waals surface area contributed by atoms with Gasteiger partial charge in [0, 0.05) is 18.3 Å². The maximum absolute atomic E-state index is 13.0. The van der Waals surface area contributed by atoms with Gasteiger partial charge < -0.3 is 4.42 Å². The van der Waals surface area contributed by atoms with E-state index in [2.05, 4.69) is 9.97 Å². The summed E-state index contributed by atoms with van der Waals surface area (Å²) >= 11 is 5.77. The zero-order valence-electron chi connectivity index (χ0n) is 10.2. The quantitative estimate of drug-likeness (QED) is 0.790. The monoisotopic (exact) mass is 302 g/mol. The van der Waals surface area contributed by atoms with E-state index in [1.165, 1.54) is 0 Å². The van der Waals surface area contributed by atoms with E-state index in [9.17, 15) is 13.2 Å². The van der Waals surface area contributed by atoms with Crippen molar-refractivity contribution in [1.29, 1.82) is 0 Å². The van der Waals surface area contributed by atoms with Crippen LogP contribution in [0.15, 0.2) is 22.9 Å². The van der Waals surface area contributed by atoms with Crippen LogP contribution in [-0.4, -0.2) is 9.97 Å². The molecule has 0 spiro atoms. The Morgan fingerprint density at radius 3 is 2.70 bits per heavy atom. The van der Waals surface area contributed by atoms with Gasteiger partial charge in [0.25, 0.3) is 0 Å². The molecule has 0 atom stereocenters. The molecule has 2 heterocycles. The van der Waals surface area contributed by atoms with Gasteiger partial charge in [-0.2, -0.15) is 13.2 Å². The molecule has 1 fully saturated rings. The van der Waals surface area contributed by atoms with Crippen LogP contribution in [0.4, 0.5) is 13.2 Å². The smallest absolute Gasteiger partial charge is 0.417 e. The van der Waals surface area contributed by atoms with Gasteiger partial charge in [-0.25, -0.2) is 4.98 Å². The van der Waals surface area contributed by atoms with Crippen molar-refractivity contribution in [3.05, 3.63) is 35.5 Å². The summed E-state index contributed by atoms with van der Waals surface area (Å²) < 4.78 is 44.4. The van der Waals surface area contributed by atoms with E-state index in [0.29, 0.717) is 11.5 Å². The molecule has 2 aromatic heterocycles. The minimum Gasteiger partial charge on any atom is -0.440 e. The zero-order valence-corrected chi connectivity index (χ0v) is 11.0. The number of rotatable bonds is 3. The van der Waals surface area contributed by atoms with Crippen LogP contribution in [0.25, 0.3) is 11.5 Å². The predicted molar refractivity (Wildman–Crippen MR) is 66.3 cm³/mol. The molecule has 0 aliphatic heterocycles. The van der Waals surface area contributed by atoms with Crippen LogP contribution in [0.2, 0.25) is 0 Å². The highest BCUT2D eigenvalue weighted by molar-refractivity contribution is 6.17. The molecular formula is C13H10ClF3N2O. The molecule has 0 bridgehead atoms. The van der Waals surface area contributed by atoms with Crippen LogP contribution < -0.4 is 0 Å². The molecule has 1 aliphatic rings. The Morgan fingerprint density at radius 1 is 1.35 bits per heavy atom. The van der Waals surface area contributed by atoms with E-state index in [1.807, 2.05) is 0 Å². The lowest BCUT2D eigenvalue weighted by Crippen LogP contribution is -2.07. The minimum absolute atomic E-state index is 0.0667. The van der Waals surface area contributed by atoms with E-state index in [4.69, 9.17) is 16.0 Å². The van der Waals surface area contributed by atoms with Gasteiger partial charge in [0.15, 0.2) is 0 Å². The summed E-state index contributed by atoms with van der Waals surface area (Å²) in [5.74, 6) is 0.891. The largest absolute Gasteiger partial charge is 0.440 e. The molecule has 7 heteroatoms. The lowest BCUT2D eigenvalue weighted by Gasteiger charge is -2.09. The highest BCUT2D eigenvalue weighted by Crippen LogP contribution is 2.44. The molecule has 0 unspecified atom stereocenters. The summed E-state index contributed by atoms with van der Waals surface area (Å²) in [6.07, 6.45) is -0.355. The highest BCUT2D eigenvalue weighted by Gasteiger charge is 2.36. The maximum atomic E-state index is 13.0. The van der Waals surface area contributed by atoms with Crippen LogP contribution >= 0.6 is 11.6 Å². The first-order valence-electron chi connectivity index (χ1n) is 6.08. The summed E-state index contributed by atoms with van der Waals surface area (Å²) in [7, 11) is 0. The normalized spacial score (nSPS) is 15.6. The van der Waals surface area contributed by atoms with Crippen molar-refractivity contribution in [3.8, 4) is 11.5 Å². The minimum atomic E-state index is -4.48. The Hall–Kier alpha value is -1.56. The molecule has 3 rings (SSSR count). The fraction of sp³-hybridized carbons (Fsp3) is 0.385. The average molecular weight is 303 g/mol. The number of oxazole rings is 1. The highest BCUT2D eigenvalue weighted by atomic mass is 35.5. The van der Waals surface area contributed by atoms with E-state index >= 15 is 0 Å². The second-order valence-corrected chi connectivity index (χ2v) is 4.92. The van der Waals surface area contributed by atoms with Gasteiger partial charge in [0.2, 0.25) is 5.89 Å². The Kier molecular flexibility index (Phi) is 3.20. The first-order valence-corrected chi connectivity index (χ1v) is 6.61. The maximum Gasteiger partial charge on any atom is 0.417 e. The number of aromatic nitrogens is 2. The number of halogens is 4. The number of pyridine rings is 1. The van der Waals surface area contributed by atoms with E-state index in [1.54, 1.807) is 0 Å². The van der Waals surface area contributed by atoms with Gasteiger partial charge in [0.1, 0.15) is 5.76 Å². The van der Waals surface area contributed by atoms with E-state index in [-0.39, 0.29) is 23.3 Å². The van der Waals surface area contributed by atoms with Crippen molar-refractivity contribution in [2.75, 3.05) is 0 Å². The molecule has 0 N–H and O–H groups in total. The van der Waals surface area contributed by atoms with Crippen molar-refractivity contribution < 1.29 is 17.6 Å². The van der Waals surface area contributed by atoms with Crippen molar-refractivity contribution >= 4 is 11.6 Å². The van der Waals surface area contributed by atoms with Crippen LogP contribution in [-0.2, 0) is 12.1 Å². The Labute approximate surface area is 117 Å². The second-order valence-electron chi connectivity index (χ2n) is 4.66. The summed E-state index contributed by atoms with van der Waals surface area (Å²) in [6, 6.07) is 0.913. The van der Waals surface area contributed by atoms with Gasteiger partial charge in [-0.3, -0.25) is 4.98 Å². The molecule has 0 aromatic carbocycles. The zero-order chi connectivity index (χ0) is 14.3. The lowest BCUT2D eigenvalue weighted by molar-refractivity contribution is -0.137. The Balaban J connectivity index is 2.09. The molecule has 2 aromatic rings. The van der Waals surface area contributed by atoms with Crippen molar-refractivity contribution in [2.24, 2.45) is 0 Å². The fourth-order valence-electron chi connectivity index (χ4n) is 2.05. The molecule has 0 radical (unpaired) electrons. The molecule has 0 saturated heterocycles. The van der Waals surface area contributed by atoms with Gasteiger partial charge in [-0.15, -0.1) is 11.6 Å². The molecule has 106 valence electrons. The number of hydrogen-bond donors (Lipinski definition) is 0. The fourth-order valence-corrected chi connectivity index (χ4v) is 2.24. The molecule has 1 aliphatic carbocycles. The van der Waals surface area contributed by atoms with E-state index in [0.717, 1.165) is 31.3 Å². The van der Waals surface area contributed by atoms with E-state index < -0.39 is 11.7 Å². The molecule has 3 nitrogen and oxygen atoms in total. The molecule has 20 heavy (non-hydrogen) atoms. The third kappa shape index (κ3) is 2.40. The third-order valence-electron chi connectivity index (χ3n) is 3.16. The summed E-state index contributed by atoms with van der Waals surface area (Å²) in [5.41, 5.74) is -0.448. The summed E-state index contributed by atoms with van der Waals surface area (Å²) in [6.45, 7) is 0. The SMILES string of the molecule is FC(F)(F)c1ccncc1-c1nc(CCl)c(C2CC2)o1. The van der Waals surface area contributed by atoms with Crippen LogP contribution in [0.3, 0.4) is 0 Å². The van der Waals surface area contributed by atoms with Crippen molar-refractivity contribution in [3.63, 3.8) is 0 Å². The van der Waals surface area contributed by atoms with Crippen LogP contribution in [0.1, 0.15) is 35.8 Å². The lowest BCUT2D eigenvalue weighted by atomic mass is 10.1. The first kappa shape index (κ1) is 13.4. The average Bonchev–Trinajstić information content (AvgIpc) is 3.17. The van der Waals surface area contributed by atoms with Crippen LogP contribution in [0, 0.1) is 0 Å². The topological polar surface area (TPSA) is 38.9 Å². The predicted octanol–water partition coefficient (Wildman–Crippen LogP) is 4.37. The van der Waals surface area contributed by atoms with Gasteiger partial charge in [-0.05, 0) is 18.9 Å².